The van der Waals surface area contributed by atoms with Crippen LogP contribution in [0.4, 0.5) is 0 Å². The summed E-state index contributed by atoms with van der Waals surface area (Å²) >= 11 is 0. The average Bonchev–Trinajstić information content (AvgIpc) is 3.17. The first-order valence-electron chi connectivity index (χ1n) is 7.25. The van der Waals surface area contributed by atoms with Crippen LogP contribution in [-0.2, 0) is 9.47 Å². The highest BCUT2D eigenvalue weighted by molar-refractivity contribution is 4.92. The van der Waals surface area contributed by atoms with Gasteiger partial charge in [-0.25, -0.2) is 0 Å². The molecular formula is C14H25NO2. The van der Waals surface area contributed by atoms with Crippen molar-refractivity contribution in [2.45, 2.75) is 32.1 Å². The van der Waals surface area contributed by atoms with Crippen molar-refractivity contribution in [1.29, 1.82) is 0 Å². The van der Waals surface area contributed by atoms with Crippen LogP contribution in [0.15, 0.2) is 0 Å². The number of nitrogens with one attached hydrogen (secondary N) is 1. The molecule has 0 aromatic heterocycles. The molecule has 1 N–H and O–H groups in total. The Bertz CT molecular complexity index is 238. The predicted octanol–water partition coefficient (Wildman–Crippen LogP) is 1.82. The minimum Gasteiger partial charge on any atom is -0.381 e. The largest absolute Gasteiger partial charge is 0.381 e. The zero-order chi connectivity index (χ0) is 11.6. The fourth-order valence-corrected chi connectivity index (χ4v) is 3.35. The van der Waals surface area contributed by atoms with Gasteiger partial charge >= 0.3 is 0 Å². The molecule has 2 heterocycles. The van der Waals surface area contributed by atoms with Crippen molar-refractivity contribution in [3.63, 3.8) is 0 Å². The first kappa shape index (κ1) is 11.9. The van der Waals surface area contributed by atoms with Crippen LogP contribution in [-0.4, -0.2) is 39.5 Å². The van der Waals surface area contributed by atoms with E-state index >= 15 is 0 Å². The van der Waals surface area contributed by atoms with Crippen LogP contribution in [0.5, 0.6) is 0 Å². The molecule has 1 atom stereocenters. The standard InChI is InChI=1S/C14H25NO2/c1-2-12(1)9-17-11-13-10-16-8-5-14(13)3-6-15-7-4-14/h12-13,15H,1-11H2. The van der Waals surface area contributed by atoms with Crippen molar-refractivity contribution in [2.24, 2.45) is 17.3 Å². The SMILES string of the molecule is C1CC2(CCN1)CCOCC2COCC1CC1. The second kappa shape index (κ2) is 5.25. The van der Waals surface area contributed by atoms with E-state index in [0.717, 1.165) is 32.3 Å². The Hall–Kier alpha value is -0.120. The Morgan fingerprint density at radius 1 is 1.12 bits per heavy atom. The molecule has 3 aliphatic rings. The maximum atomic E-state index is 5.92. The molecule has 3 nitrogen and oxygen atoms in total. The van der Waals surface area contributed by atoms with Gasteiger partial charge in [0.15, 0.2) is 0 Å². The topological polar surface area (TPSA) is 30.5 Å². The third-order valence-corrected chi connectivity index (χ3v) is 4.90. The fourth-order valence-electron chi connectivity index (χ4n) is 3.35. The molecule has 0 aromatic rings. The molecule has 1 saturated carbocycles. The lowest BCUT2D eigenvalue weighted by molar-refractivity contribution is -0.0892. The summed E-state index contributed by atoms with van der Waals surface area (Å²) in [5, 5.41) is 3.48. The molecule has 1 aliphatic carbocycles. The van der Waals surface area contributed by atoms with Gasteiger partial charge in [0.25, 0.3) is 0 Å². The lowest BCUT2D eigenvalue weighted by Gasteiger charge is -2.46. The predicted molar refractivity (Wildman–Crippen MR) is 67.0 cm³/mol. The van der Waals surface area contributed by atoms with Gasteiger partial charge in [0, 0.05) is 19.1 Å². The molecule has 3 heteroatoms. The number of ether oxygens (including phenoxy) is 2. The zero-order valence-corrected chi connectivity index (χ0v) is 10.7. The van der Waals surface area contributed by atoms with Crippen molar-refractivity contribution in [2.75, 3.05) is 39.5 Å². The summed E-state index contributed by atoms with van der Waals surface area (Å²) in [4.78, 5) is 0. The normalized spacial score (nSPS) is 32.8. The van der Waals surface area contributed by atoms with Gasteiger partial charge in [-0.3, -0.25) is 0 Å². The molecule has 0 bridgehead atoms. The Labute approximate surface area is 104 Å². The smallest absolute Gasteiger partial charge is 0.0521 e. The molecule has 2 aliphatic heterocycles. The lowest BCUT2D eigenvalue weighted by Crippen LogP contribution is -2.48. The zero-order valence-electron chi connectivity index (χ0n) is 10.7. The van der Waals surface area contributed by atoms with Gasteiger partial charge in [0.05, 0.1) is 13.2 Å². The van der Waals surface area contributed by atoms with E-state index in [4.69, 9.17) is 9.47 Å². The van der Waals surface area contributed by atoms with E-state index in [1.807, 2.05) is 0 Å². The molecule has 3 fully saturated rings. The molecule has 1 unspecified atom stereocenters. The maximum absolute atomic E-state index is 5.92. The van der Waals surface area contributed by atoms with Crippen LogP contribution in [0.25, 0.3) is 0 Å². The van der Waals surface area contributed by atoms with Crippen molar-refractivity contribution in [1.82, 2.24) is 5.32 Å². The third-order valence-electron chi connectivity index (χ3n) is 4.90. The molecule has 2 saturated heterocycles. The molecule has 17 heavy (non-hydrogen) atoms. The van der Waals surface area contributed by atoms with Gasteiger partial charge in [0.2, 0.25) is 0 Å². The quantitative estimate of drug-likeness (QED) is 0.812. The fraction of sp³-hybridized carbons (Fsp3) is 1.00. The average molecular weight is 239 g/mol. The van der Waals surface area contributed by atoms with E-state index in [1.54, 1.807) is 0 Å². The highest BCUT2D eigenvalue weighted by Crippen LogP contribution is 2.43. The van der Waals surface area contributed by atoms with Crippen molar-refractivity contribution < 1.29 is 9.47 Å². The number of piperidine rings is 1. The van der Waals surface area contributed by atoms with Crippen molar-refractivity contribution >= 4 is 0 Å². The van der Waals surface area contributed by atoms with Crippen LogP contribution in [0.3, 0.4) is 0 Å². The molecule has 0 aromatic carbocycles. The second-order valence-electron chi connectivity index (χ2n) is 6.12. The first-order chi connectivity index (χ1) is 8.39. The monoisotopic (exact) mass is 239 g/mol. The van der Waals surface area contributed by atoms with Crippen LogP contribution in [0, 0.1) is 17.3 Å². The van der Waals surface area contributed by atoms with Crippen LogP contribution < -0.4 is 5.32 Å². The summed E-state index contributed by atoms with van der Waals surface area (Å²) < 4.78 is 11.6. The van der Waals surface area contributed by atoms with Crippen LogP contribution in [0.1, 0.15) is 32.1 Å². The van der Waals surface area contributed by atoms with E-state index in [1.165, 1.54) is 45.2 Å². The van der Waals surface area contributed by atoms with E-state index in [2.05, 4.69) is 5.32 Å². The van der Waals surface area contributed by atoms with Crippen molar-refractivity contribution in [3.05, 3.63) is 0 Å². The summed E-state index contributed by atoms with van der Waals surface area (Å²) in [6.45, 7) is 6.16. The molecular weight excluding hydrogens is 214 g/mol. The van der Waals surface area contributed by atoms with Gasteiger partial charge < -0.3 is 14.8 Å². The van der Waals surface area contributed by atoms with E-state index in [9.17, 15) is 0 Å². The summed E-state index contributed by atoms with van der Waals surface area (Å²) in [6, 6.07) is 0. The van der Waals surface area contributed by atoms with Gasteiger partial charge in [-0.2, -0.15) is 0 Å². The summed E-state index contributed by atoms with van der Waals surface area (Å²) in [6.07, 6.45) is 6.64. The first-order valence-corrected chi connectivity index (χ1v) is 7.25. The number of rotatable bonds is 4. The van der Waals surface area contributed by atoms with E-state index in [-0.39, 0.29) is 0 Å². The molecule has 3 rings (SSSR count). The second-order valence-corrected chi connectivity index (χ2v) is 6.12. The van der Waals surface area contributed by atoms with Gasteiger partial charge in [-0.05, 0) is 56.5 Å². The third kappa shape index (κ3) is 2.83. The van der Waals surface area contributed by atoms with E-state index < -0.39 is 0 Å². The maximum Gasteiger partial charge on any atom is 0.0521 e. The number of hydrogen-bond donors (Lipinski definition) is 1. The van der Waals surface area contributed by atoms with Gasteiger partial charge in [-0.15, -0.1) is 0 Å². The Morgan fingerprint density at radius 3 is 2.71 bits per heavy atom. The highest BCUT2D eigenvalue weighted by atomic mass is 16.5. The minimum atomic E-state index is 0.521. The Morgan fingerprint density at radius 2 is 1.94 bits per heavy atom. The van der Waals surface area contributed by atoms with Gasteiger partial charge in [0.1, 0.15) is 0 Å². The molecule has 1 spiro atoms. The number of hydrogen-bond acceptors (Lipinski definition) is 3. The molecule has 98 valence electrons. The Kier molecular flexibility index (Phi) is 3.69. The Balaban J connectivity index is 1.54. The summed E-state index contributed by atoms with van der Waals surface area (Å²) in [5.74, 6) is 1.51. The summed E-state index contributed by atoms with van der Waals surface area (Å²) in [7, 11) is 0. The van der Waals surface area contributed by atoms with E-state index in [0.29, 0.717) is 11.3 Å². The van der Waals surface area contributed by atoms with Crippen LogP contribution in [0.2, 0.25) is 0 Å². The molecule has 0 radical (unpaired) electrons. The minimum absolute atomic E-state index is 0.521. The highest BCUT2D eigenvalue weighted by Gasteiger charge is 2.42. The van der Waals surface area contributed by atoms with Crippen molar-refractivity contribution in [3.8, 4) is 0 Å². The summed E-state index contributed by atoms with van der Waals surface area (Å²) in [5.41, 5.74) is 0.521. The lowest BCUT2D eigenvalue weighted by atomic mass is 9.66. The molecule has 0 amide bonds. The van der Waals surface area contributed by atoms with Gasteiger partial charge in [-0.1, -0.05) is 0 Å². The van der Waals surface area contributed by atoms with Crippen LogP contribution >= 0.6 is 0 Å².